The van der Waals surface area contributed by atoms with Crippen molar-refractivity contribution in [3.05, 3.63) is 52.2 Å². The van der Waals surface area contributed by atoms with E-state index in [0.717, 1.165) is 21.6 Å². The van der Waals surface area contributed by atoms with Crippen molar-refractivity contribution in [2.75, 3.05) is 0 Å². The number of nitrogens with two attached hydrogens (primary N) is 1. The van der Waals surface area contributed by atoms with Crippen LogP contribution in [0.15, 0.2) is 40.4 Å². The molecule has 3 N–H and O–H groups in total. The Labute approximate surface area is 108 Å². The fourth-order valence-electron chi connectivity index (χ4n) is 2.00. The highest BCUT2D eigenvalue weighted by Crippen LogP contribution is 2.29. The molecule has 3 aromatic rings. The average Bonchev–Trinajstić information content (AvgIpc) is 2.98. The van der Waals surface area contributed by atoms with Gasteiger partial charge in [-0.25, -0.2) is 5.43 Å². The highest BCUT2D eigenvalue weighted by molar-refractivity contribution is 7.09. The summed E-state index contributed by atoms with van der Waals surface area (Å²) in [5, 5.41) is 1.09. The van der Waals surface area contributed by atoms with Gasteiger partial charge in [0.15, 0.2) is 0 Å². The van der Waals surface area contributed by atoms with E-state index in [9.17, 15) is 0 Å². The molecule has 4 nitrogen and oxygen atoms in total. The van der Waals surface area contributed by atoms with Crippen molar-refractivity contribution in [2.24, 2.45) is 5.84 Å². The predicted octanol–water partition coefficient (Wildman–Crippen LogP) is 2.75. The molecule has 2 heterocycles. The summed E-state index contributed by atoms with van der Waals surface area (Å²) >= 11 is 1.55. The van der Waals surface area contributed by atoms with Crippen LogP contribution in [0.25, 0.3) is 11.0 Å². The Hall–Kier alpha value is -1.69. The van der Waals surface area contributed by atoms with Gasteiger partial charge < -0.3 is 4.42 Å². The summed E-state index contributed by atoms with van der Waals surface area (Å²) in [6.45, 7) is 2.06. The second kappa shape index (κ2) is 4.53. The molecule has 0 bridgehead atoms. The number of hydrogen-bond acceptors (Lipinski definition) is 5. The lowest BCUT2D eigenvalue weighted by atomic mass is 10.1. The molecule has 1 aromatic carbocycles. The van der Waals surface area contributed by atoms with Crippen LogP contribution in [0, 0.1) is 6.92 Å². The van der Waals surface area contributed by atoms with Crippen molar-refractivity contribution < 1.29 is 4.42 Å². The molecule has 0 aliphatic carbocycles. The number of hydrogen-bond donors (Lipinski definition) is 2. The SMILES string of the molecule is Cc1ccc2oc(C(NN)c3cncs3)cc2c1. The van der Waals surface area contributed by atoms with Crippen LogP contribution < -0.4 is 11.3 Å². The smallest absolute Gasteiger partial charge is 0.134 e. The first kappa shape index (κ1) is 11.4. The maximum absolute atomic E-state index is 5.84. The lowest BCUT2D eigenvalue weighted by Crippen LogP contribution is -2.27. The standard InChI is InChI=1S/C13H13N3OS/c1-8-2-3-10-9(4-8)5-11(17-10)13(16-14)12-6-15-7-18-12/h2-7,13,16H,14H2,1H3. The summed E-state index contributed by atoms with van der Waals surface area (Å²) in [6.07, 6.45) is 1.80. The maximum Gasteiger partial charge on any atom is 0.134 e. The fraction of sp³-hybridized carbons (Fsp3) is 0.154. The van der Waals surface area contributed by atoms with Gasteiger partial charge in [-0.3, -0.25) is 10.8 Å². The quantitative estimate of drug-likeness (QED) is 0.561. The molecule has 0 saturated carbocycles. The number of aryl methyl sites for hydroxylation is 1. The summed E-state index contributed by atoms with van der Waals surface area (Å²) in [4.78, 5) is 5.10. The van der Waals surface area contributed by atoms with E-state index in [0.29, 0.717) is 0 Å². The largest absolute Gasteiger partial charge is 0.459 e. The Balaban J connectivity index is 2.07. The first-order valence-electron chi connectivity index (χ1n) is 5.62. The van der Waals surface area contributed by atoms with Crippen LogP contribution in [0.1, 0.15) is 22.2 Å². The summed E-state index contributed by atoms with van der Waals surface area (Å²) in [5.74, 6) is 6.42. The molecule has 18 heavy (non-hydrogen) atoms. The molecule has 0 saturated heterocycles. The molecule has 0 radical (unpaired) electrons. The van der Waals surface area contributed by atoms with Gasteiger partial charge in [-0.15, -0.1) is 11.3 Å². The minimum Gasteiger partial charge on any atom is -0.459 e. The zero-order chi connectivity index (χ0) is 12.5. The third kappa shape index (κ3) is 1.92. The number of nitrogens with one attached hydrogen (secondary N) is 1. The Morgan fingerprint density at radius 1 is 1.39 bits per heavy atom. The van der Waals surface area contributed by atoms with Gasteiger partial charge in [0.25, 0.3) is 0 Å². The molecule has 0 aliphatic rings. The summed E-state index contributed by atoms with van der Waals surface area (Å²) in [7, 11) is 0. The van der Waals surface area contributed by atoms with Crippen molar-refractivity contribution in [3.63, 3.8) is 0 Å². The van der Waals surface area contributed by atoms with Crippen molar-refractivity contribution in [1.29, 1.82) is 0 Å². The highest BCUT2D eigenvalue weighted by atomic mass is 32.1. The number of aromatic nitrogens is 1. The molecular formula is C13H13N3OS. The van der Waals surface area contributed by atoms with E-state index in [4.69, 9.17) is 10.3 Å². The van der Waals surface area contributed by atoms with E-state index < -0.39 is 0 Å². The van der Waals surface area contributed by atoms with E-state index in [2.05, 4.69) is 23.4 Å². The van der Waals surface area contributed by atoms with Gasteiger partial charge in [0.05, 0.1) is 10.4 Å². The predicted molar refractivity (Wildman–Crippen MR) is 72.2 cm³/mol. The van der Waals surface area contributed by atoms with E-state index >= 15 is 0 Å². The van der Waals surface area contributed by atoms with Crippen LogP contribution >= 0.6 is 11.3 Å². The van der Waals surface area contributed by atoms with E-state index in [1.54, 1.807) is 23.0 Å². The molecule has 3 rings (SSSR count). The van der Waals surface area contributed by atoms with Crippen LogP contribution in [0.5, 0.6) is 0 Å². The third-order valence-corrected chi connectivity index (χ3v) is 3.72. The molecule has 5 heteroatoms. The maximum atomic E-state index is 5.84. The monoisotopic (exact) mass is 259 g/mol. The van der Waals surface area contributed by atoms with Crippen molar-refractivity contribution in [1.82, 2.24) is 10.4 Å². The third-order valence-electron chi connectivity index (χ3n) is 2.88. The number of fused-ring (bicyclic) bond motifs is 1. The lowest BCUT2D eigenvalue weighted by molar-refractivity contribution is 0.481. The lowest BCUT2D eigenvalue weighted by Gasteiger charge is -2.09. The molecule has 0 spiro atoms. The topological polar surface area (TPSA) is 64.1 Å². The van der Waals surface area contributed by atoms with Crippen molar-refractivity contribution >= 4 is 22.3 Å². The van der Waals surface area contributed by atoms with Crippen LogP contribution in [0.4, 0.5) is 0 Å². The van der Waals surface area contributed by atoms with Gasteiger partial charge in [-0.2, -0.15) is 0 Å². The summed E-state index contributed by atoms with van der Waals surface area (Å²) < 4.78 is 5.84. The normalized spacial score (nSPS) is 13.0. The first-order chi connectivity index (χ1) is 8.78. The molecule has 1 atom stereocenters. The number of rotatable bonds is 3. The van der Waals surface area contributed by atoms with Gasteiger partial charge in [0, 0.05) is 11.6 Å². The minimum atomic E-state index is -0.148. The Bertz CT molecular complexity index is 660. The molecule has 1 unspecified atom stereocenters. The van der Waals surface area contributed by atoms with Gasteiger partial charge in [-0.1, -0.05) is 11.6 Å². The molecule has 0 amide bonds. The number of hydrazine groups is 1. The molecule has 0 aliphatic heterocycles. The Kier molecular flexibility index (Phi) is 2.87. The van der Waals surface area contributed by atoms with Gasteiger partial charge in [-0.05, 0) is 25.1 Å². The Morgan fingerprint density at radius 2 is 2.28 bits per heavy atom. The number of benzene rings is 1. The highest BCUT2D eigenvalue weighted by Gasteiger charge is 2.18. The Morgan fingerprint density at radius 3 is 3.00 bits per heavy atom. The van der Waals surface area contributed by atoms with Crippen LogP contribution in [0.3, 0.4) is 0 Å². The zero-order valence-electron chi connectivity index (χ0n) is 9.88. The molecule has 0 fully saturated rings. The van der Waals surface area contributed by atoms with Gasteiger partial charge in [0.1, 0.15) is 17.4 Å². The molecule has 2 aromatic heterocycles. The summed E-state index contributed by atoms with van der Waals surface area (Å²) in [6, 6.07) is 7.99. The number of thiazole rings is 1. The average molecular weight is 259 g/mol. The van der Waals surface area contributed by atoms with E-state index in [-0.39, 0.29) is 6.04 Å². The zero-order valence-corrected chi connectivity index (χ0v) is 10.7. The second-order valence-corrected chi connectivity index (χ2v) is 5.11. The van der Waals surface area contributed by atoms with Crippen LogP contribution in [0.2, 0.25) is 0 Å². The van der Waals surface area contributed by atoms with Crippen LogP contribution in [-0.2, 0) is 0 Å². The molecule has 92 valence electrons. The van der Waals surface area contributed by atoms with Gasteiger partial charge in [0.2, 0.25) is 0 Å². The van der Waals surface area contributed by atoms with Gasteiger partial charge >= 0.3 is 0 Å². The molecular weight excluding hydrogens is 246 g/mol. The first-order valence-corrected chi connectivity index (χ1v) is 6.50. The van der Waals surface area contributed by atoms with Crippen molar-refractivity contribution in [2.45, 2.75) is 13.0 Å². The number of furan rings is 1. The fourth-order valence-corrected chi connectivity index (χ4v) is 2.68. The second-order valence-electron chi connectivity index (χ2n) is 4.19. The number of nitrogens with zero attached hydrogens (tertiary/aromatic N) is 1. The van der Waals surface area contributed by atoms with E-state index in [1.807, 2.05) is 18.2 Å². The minimum absolute atomic E-state index is 0.148. The summed E-state index contributed by atoms with van der Waals surface area (Å²) in [5.41, 5.74) is 6.65. The van der Waals surface area contributed by atoms with Crippen molar-refractivity contribution in [3.8, 4) is 0 Å². The van der Waals surface area contributed by atoms with Crippen LogP contribution in [-0.4, -0.2) is 4.98 Å². The van der Waals surface area contributed by atoms with E-state index in [1.165, 1.54) is 5.56 Å².